The maximum absolute atomic E-state index is 14.2. The SMILES string of the molecule is N=C(N)NC(NC(=O)C(NC(=N)N)NC(=O)C(NC(=N)N)NC(=O)C(NC(=N)N)NC(=O)C(NC(=O)C(O)N(Cc1c(Cl)cccc1Cl)c1c(C(=O)O)cc([N+](=O)[O-])cc1[N+](=O)[O-])c1ccccc1)C(N)=O. The number of carboxylic acids is 1. The van der Waals surface area contributed by atoms with Crippen molar-refractivity contribution in [2.24, 2.45) is 28.7 Å². The molecule has 6 unspecified atom stereocenters. The standard InChI is InChI=1S/C36H43Cl2N21O13/c37-16-7-4-8-17(38)15(16)11-57(20-14(32(67)68)9-13(58(69)70)10-18(20)59(71)72)31(66)30(65)48-19(12-5-2-1-3-6-12)26(61)50-23(54-34(42)43)28(63)52-25(56-36(46)47)29(64)51-24(55-35(44)45)27(62)49-22(21(39)60)53-33(40)41/h1-10,19,22-25,31,66H,11H2,(H2,39,60)(H,48,65)(H,49,62)(H,50,61)(H,51,64)(H,52,63)(H,67,68)(H4,40,41,53)(H4,42,43,54)(H4,44,45,55)(H4,46,47,56). The Morgan fingerprint density at radius 3 is 1.43 bits per heavy atom. The molecule has 0 aromatic heterocycles. The van der Waals surface area contributed by atoms with E-state index in [1.165, 1.54) is 48.5 Å². The van der Waals surface area contributed by atoms with E-state index in [-0.39, 0.29) is 21.2 Å². The minimum absolute atomic E-state index is 0.124. The van der Waals surface area contributed by atoms with Crippen LogP contribution in [0.5, 0.6) is 0 Å². The van der Waals surface area contributed by atoms with Crippen molar-refractivity contribution in [3.8, 4) is 0 Å². The summed E-state index contributed by atoms with van der Waals surface area (Å²) in [4.78, 5) is 115. The first kappa shape index (κ1) is 56.5. The van der Waals surface area contributed by atoms with Crippen LogP contribution in [0.1, 0.15) is 27.5 Å². The fourth-order valence-electron chi connectivity index (χ4n) is 5.96. The quantitative estimate of drug-likeness (QED) is 0.0139. The molecule has 6 amide bonds. The second-order valence-electron chi connectivity index (χ2n) is 14.1. The van der Waals surface area contributed by atoms with Crippen molar-refractivity contribution < 1.29 is 53.6 Å². The average molecular weight is 1050 g/mol. The lowest BCUT2D eigenvalue weighted by Gasteiger charge is -2.32. The monoisotopic (exact) mass is 1050 g/mol. The predicted octanol–water partition coefficient (Wildman–Crippen LogP) is -5.12. The van der Waals surface area contributed by atoms with E-state index in [1.54, 1.807) is 0 Å². The van der Waals surface area contributed by atoms with Crippen LogP contribution in [0.4, 0.5) is 17.1 Å². The Morgan fingerprint density at radius 2 is 1.03 bits per heavy atom. The molecule has 36 heteroatoms. The van der Waals surface area contributed by atoms with E-state index < -0.39 is 141 Å². The largest absolute Gasteiger partial charge is 0.478 e. The van der Waals surface area contributed by atoms with Gasteiger partial charge in [0.1, 0.15) is 11.7 Å². The maximum Gasteiger partial charge on any atom is 0.338 e. The summed E-state index contributed by atoms with van der Waals surface area (Å²) in [6, 6.07) is 9.35. The lowest BCUT2D eigenvalue weighted by atomic mass is 10.0. The third-order valence-corrected chi connectivity index (χ3v) is 9.73. The van der Waals surface area contributed by atoms with E-state index in [1.807, 2.05) is 31.9 Å². The van der Waals surface area contributed by atoms with E-state index in [9.17, 15) is 64.0 Å². The third kappa shape index (κ3) is 15.6. The van der Waals surface area contributed by atoms with Crippen molar-refractivity contribution in [3.63, 3.8) is 0 Å². The number of non-ortho nitro benzene ring substituents is 1. The van der Waals surface area contributed by atoms with E-state index in [0.717, 1.165) is 0 Å². The number of carbonyl (C=O) groups is 7. The first-order valence-electron chi connectivity index (χ1n) is 19.5. The summed E-state index contributed by atoms with van der Waals surface area (Å²) in [5.41, 5.74) is 21.7. The number of nitro benzene ring substituents is 2. The summed E-state index contributed by atoms with van der Waals surface area (Å²) >= 11 is 12.7. The van der Waals surface area contributed by atoms with Gasteiger partial charge in [0.15, 0.2) is 48.5 Å². The zero-order valence-electron chi connectivity index (χ0n) is 36.3. The van der Waals surface area contributed by atoms with Crippen LogP contribution in [0.2, 0.25) is 10.0 Å². The predicted molar refractivity (Wildman–Crippen MR) is 250 cm³/mol. The number of halogens is 2. The summed E-state index contributed by atoms with van der Waals surface area (Å²) in [5.74, 6) is -14.5. The van der Waals surface area contributed by atoms with Gasteiger partial charge in [-0.15, -0.1) is 0 Å². The van der Waals surface area contributed by atoms with Crippen molar-refractivity contribution in [3.05, 3.63) is 108 Å². The number of hydrogen-bond acceptors (Lipinski definition) is 17. The Labute approximate surface area is 412 Å². The first-order chi connectivity index (χ1) is 33.6. The lowest BCUT2D eigenvalue weighted by Crippen LogP contribution is -2.68. The Hall–Kier alpha value is -9.83. The number of nitro groups is 2. The van der Waals surface area contributed by atoms with Crippen LogP contribution in [0.25, 0.3) is 0 Å². The van der Waals surface area contributed by atoms with E-state index >= 15 is 0 Å². The van der Waals surface area contributed by atoms with Gasteiger partial charge in [0.25, 0.3) is 40.9 Å². The Bertz CT molecular complexity index is 2640. The number of benzene rings is 3. The number of primary amides is 1. The summed E-state index contributed by atoms with van der Waals surface area (Å²) < 4.78 is 0. The van der Waals surface area contributed by atoms with Gasteiger partial charge in [-0.05, 0) is 17.7 Å². The smallest absolute Gasteiger partial charge is 0.338 e. The second kappa shape index (κ2) is 25.0. The molecule has 0 saturated carbocycles. The van der Waals surface area contributed by atoms with Gasteiger partial charge in [-0.3, -0.25) is 70.6 Å². The van der Waals surface area contributed by atoms with Crippen LogP contribution in [-0.2, 0) is 35.3 Å². The summed E-state index contributed by atoms with van der Waals surface area (Å²) in [6.07, 6.45) is -11.2. The highest BCUT2D eigenvalue weighted by Gasteiger charge is 2.39. The lowest BCUT2D eigenvalue weighted by molar-refractivity contribution is -0.393. The van der Waals surface area contributed by atoms with Crippen LogP contribution < -0.4 is 81.4 Å². The topological polar surface area (TPSA) is 583 Å². The molecule has 6 atom stereocenters. The number of aliphatic hydroxyl groups excluding tert-OH is 1. The summed E-state index contributed by atoms with van der Waals surface area (Å²) in [7, 11) is 0. The fourth-order valence-corrected chi connectivity index (χ4v) is 6.48. The van der Waals surface area contributed by atoms with Crippen LogP contribution in [-0.4, -0.2) is 116 Å². The van der Waals surface area contributed by atoms with Crippen LogP contribution in [0.15, 0.2) is 60.7 Å². The molecule has 0 spiro atoms. The molecular formula is C36H43Cl2N21O13. The van der Waals surface area contributed by atoms with E-state index in [2.05, 4.69) is 16.0 Å². The van der Waals surface area contributed by atoms with Gasteiger partial charge in [-0.25, -0.2) is 4.79 Å². The maximum atomic E-state index is 14.2. The third-order valence-electron chi connectivity index (χ3n) is 9.02. The number of carboxylic acid groups (broad SMARTS) is 1. The molecule has 0 bridgehead atoms. The number of nitrogens with one attached hydrogen (secondary N) is 13. The molecule has 0 radical (unpaired) electrons. The van der Waals surface area contributed by atoms with Crippen LogP contribution in [0, 0.1) is 41.9 Å². The molecule has 0 heterocycles. The molecule has 3 aromatic rings. The molecule has 3 rings (SSSR count). The molecule has 34 nitrogen and oxygen atoms in total. The van der Waals surface area contributed by atoms with Gasteiger partial charge < -0.3 is 91.6 Å². The number of guanidine groups is 4. The Morgan fingerprint density at radius 1 is 0.597 bits per heavy atom. The number of nitrogens with zero attached hydrogens (tertiary/aromatic N) is 3. The number of anilines is 1. The van der Waals surface area contributed by atoms with Gasteiger partial charge in [-0.2, -0.15) is 0 Å². The van der Waals surface area contributed by atoms with Gasteiger partial charge in [0.2, 0.25) is 12.1 Å². The van der Waals surface area contributed by atoms with Crippen molar-refractivity contribution >= 4 is 106 Å². The number of amides is 6. The number of nitrogens with two attached hydrogens (primary N) is 5. The molecule has 0 aliphatic heterocycles. The molecular weight excluding hydrogens is 1010 g/mol. The van der Waals surface area contributed by atoms with Crippen molar-refractivity contribution in [2.75, 3.05) is 4.90 Å². The summed E-state index contributed by atoms with van der Waals surface area (Å²) in [6.45, 7) is -0.913. The average Bonchev–Trinajstić information content (AvgIpc) is 3.28. The number of aliphatic hydroxyl groups is 1. The van der Waals surface area contributed by atoms with Gasteiger partial charge in [-0.1, -0.05) is 59.6 Å². The fraction of sp³-hybridized carbons (Fsp3) is 0.194. The summed E-state index contributed by atoms with van der Waals surface area (Å²) in [5, 5.41) is 94.3. The molecule has 0 aliphatic rings. The molecule has 0 fully saturated rings. The highest BCUT2D eigenvalue weighted by atomic mass is 35.5. The zero-order valence-corrected chi connectivity index (χ0v) is 37.8. The molecule has 0 aliphatic carbocycles. The molecule has 3 aromatic carbocycles. The van der Waals surface area contributed by atoms with Crippen LogP contribution in [0.3, 0.4) is 0 Å². The number of rotatable bonds is 23. The second-order valence-corrected chi connectivity index (χ2v) is 14.9. The van der Waals surface area contributed by atoms with E-state index in [0.29, 0.717) is 17.0 Å². The molecule has 0 saturated heterocycles. The molecule has 384 valence electrons. The number of carbonyl (C=O) groups excluding carboxylic acids is 6. The Balaban J connectivity index is 2.08. The highest BCUT2D eigenvalue weighted by molar-refractivity contribution is 6.36. The minimum atomic E-state index is -2.77. The number of aromatic carboxylic acids is 1. The molecule has 25 N–H and O–H groups in total. The van der Waals surface area contributed by atoms with Crippen LogP contribution >= 0.6 is 23.2 Å². The zero-order chi connectivity index (χ0) is 54.3. The van der Waals surface area contributed by atoms with Gasteiger partial charge in [0.05, 0.1) is 21.5 Å². The Kier molecular flexibility index (Phi) is 19.6. The van der Waals surface area contributed by atoms with Crippen molar-refractivity contribution in [2.45, 2.75) is 43.5 Å². The van der Waals surface area contributed by atoms with Gasteiger partial charge in [0, 0.05) is 28.2 Å². The number of hydrogen-bond donors (Lipinski definition) is 20. The highest BCUT2D eigenvalue weighted by Crippen LogP contribution is 2.39. The van der Waals surface area contributed by atoms with E-state index in [4.69, 9.17) is 73.5 Å². The molecule has 72 heavy (non-hydrogen) atoms. The van der Waals surface area contributed by atoms with Crippen molar-refractivity contribution in [1.82, 2.24) is 47.9 Å². The van der Waals surface area contributed by atoms with Crippen molar-refractivity contribution in [1.29, 1.82) is 21.6 Å². The normalized spacial score (nSPS) is 13.0. The van der Waals surface area contributed by atoms with Gasteiger partial charge >= 0.3 is 5.97 Å². The first-order valence-corrected chi connectivity index (χ1v) is 20.2. The minimum Gasteiger partial charge on any atom is -0.478 e.